The van der Waals surface area contributed by atoms with E-state index in [1.807, 2.05) is 6.08 Å². The summed E-state index contributed by atoms with van der Waals surface area (Å²) in [6, 6.07) is 0. The minimum absolute atomic E-state index is 0.0844. The van der Waals surface area contributed by atoms with E-state index in [1.165, 1.54) is 5.57 Å². The number of rotatable bonds is 1. The number of carbonyl (C=O) groups excluding carboxylic acids is 2. The average molecular weight is 453 g/mol. The molecule has 3 fully saturated rings. The summed E-state index contributed by atoms with van der Waals surface area (Å²) in [4.78, 5) is 38.7. The molecule has 0 aromatic rings. The molecule has 8 atom stereocenters. The molecule has 33 heavy (non-hydrogen) atoms. The first kappa shape index (κ1) is 23.1. The van der Waals surface area contributed by atoms with Gasteiger partial charge in [0, 0.05) is 16.7 Å². The smallest absolute Gasteiger partial charge is 0.306 e. The van der Waals surface area contributed by atoms with Crippen molar-refractivity contribution in [3.05, 3.63) is 23.8 Å². The van der Waals surface area contributed by atoms with Gasteiger partial charge in [0.15, 0.2) is 11.6 Å². The van der Waals surface area contributed by atoms with Gasteiger partial charge in [0.1, 0.15) is 0 Å². The van der Waals surface area contributed by atoms with Crippen LogP contribution in [0.5, 0.6) is 0 Å². The van der Waals surface area contributed by atoms with Gasteiger partial charge in [-0.15, -0.1) is 0 Å². The van der Waals surface area contributed by atoms with E-state index in [0.717, 1.165) is 38.5 Å². The summed E-state index contributed by atoms with van der Waals surface area (Å²) in [7, 11) is 0. The van der Waals surface area contributed by atoms with Crippen molar-refractivity contribution in [1.29, 1.82) is 0 Å². The lowest BCUT2D eigenvalue weighted by Crippen LogP contribution is -2.65. The molecule has 4 nitrogen and oxygen atoms in total. The van der Waals surface area contributed by atoms with Crippen molar-refractivity contribution in [2.75, 3.05) is 0 Å². The van der Waals surface area contributed by atoms with Crippen molar-refractivity contribution in [3.63, 3.8) is 0 Å². The fraction of sp³-hybridized carbons (Fsp3) is 0.759. The van der Waals surface area contributed by atoms with E-state index >= 15 is 0 Å². The van der Waals surface area contributed by atoms with Crippen LogP contribution in [0.2, 0.25) is 0 Å². The molecule has 0 unspecified atom stereocenters. The summed E-state index contributed by atoms with van der Waals surface area (Å²) in [5.74, 6) is -0.453. The molecule has 0 aromatic heterocycles. The second-order valence-corrected chi connectivity index (χ2v) is 13.6. The number of aliphatic carboxylic acids is 1. The van der Waals surface area contributed by atoms with Gasteiger partial charge in [-0.05, 0) is 85.2 Å². The van der Waals surface area contributed by atoms with Gasteiger partial charge in [-0.25, -0.2) is 0 Å². The van der Waals surface area contributed by atoms with Gasteiger partial charge in [-0.3, -0.25) is 14.4 Å². The molecule has 0 spiro atoms. The van der Waals surface area contributed by atoms with E-state index < -0.39 is 11.4 Å². The third-order valence-electron chi connectivity index (χ3n) is 11.9. The lowest BCUT2D eigenvalue weighted by atomic mass is 9.34. The molecular formula is C29H40O4. The van der Waals surface area contributed by atoms with E-state index in [2.05, 4.69) is 47.6 Å². The maximum absolute atomic E-state index is 14.1. The summed E-state index contributed by atoms with van der Waals surface area (Å²) in [6.45, 7) is 13.4. The molecule has 0 radical (unpaired) electrons. The molecule has 5 rings (SSSR count). The van der Waals surface area contributed by atoms with Crippen molar-refractivity contribution in [3.8, 4) is 0 Å². The second-order valence-electron chi connectivity index (χ2n) is 13.6. The van der Waals surface area contributed by atoms with Crippen LogP contribution in [-0.4, -0.2) is 22.6 Å². The quantitative estimate of drug-likeness (QED) is 0.529. The largest absolute Gasteiger partial charge is 0.481 e. The Morgan fingerprint density at radius 3 is 2.33 bits per heavy atom. The van der Waals surface area contributed by atoms with Gasteiger partial charge >= 0.3 is 5.97 Å². The van der Waals surface area contributed by atoms with Crippen LogP contribution in [0, 0.1) is 50.7 Å². The van der Waals surface area contributed by atoms with E-state index in [9.17, 15) is 19.5 Å². The number of hydrogen-bond donors (Lipinski definition) is 1. The highest BCUT2D eigenvalue weighted by Crippen LogP contribution is 2.73. The molecule has 180 valence electrons. The van der Waals surface area contributed by atoms with E-state index in [1.54, 1.807) is 6.08 Å². The topological polar surface area (TPSA) is 71.4 Å². The first-order valence-electron chi connectivity index (χ1n) is 12.9. The summed E-state index contributed by atoms with van der Waals surface area (Å²) >= 11 is 0. The Morgan fingerprint density at radius 1 is 0.970 bits per heavy atom. The minimum Gasteiger partial charge on any atom is -0.481 e. The number of carbonyl (C=O) groups is 3. The molecule has 5 aliphatic rings. The molecule has 5 aliphatic carbocycles. The molecule has 3 saturated carbocycles. The molecule has 0 aromatic carbocycles. The maximum atomic E-state index is 14.1. The van der Waals surface area contributed by atoms with Crippen LogP contribution in [0.4, 0.5) is 0 Å². The van der Waals surface area contributed by atoms with Gasteiger partial charge in [0.25, 0.3) is 0 Å². The number of hydrogen-bond acceptors (Lipinski definition) is 3. The van der Waals surface area contributed by atoms with Crippen molar-refractivity contribution in [2.24, 2.45) is 50.7 Å². The molecule has 0 bridgehead atoms. The third-order valence-corrected chi connectivity index (χ3v) is 11.9. The fourth-order valence-corrected chi connectivity index (χ4v) is 9.56. The van der Waals surface area contributed by atoms with E-state index in [0.29, 0.717) is 6.42 Å². The summed E-state index contributed by atoms with van der Waals surface area (Å²) in [5.41, 5.74) is 0.202. The number of fused-ring (bicyclic) bond motifs is 7. The van der Waals surface area contributed by atoms with Crippen molar-refractivity contribution < 1.29 is 19.5 Å². The molecule has 0 saturated heterocycles. The van der Waals surface area contributed by atoms with Crippen molar-refractivity contribution >= 4 is 17.5 Å². The van der Waals surface area contributed by atoms with E-state index in [4.69, 9.17) is 0 Å². The van der Waals surface area contributed by atoms with Crippen LogP contribution in [-0.2, 0) is 14.4 Å². The standard InChI is InChI=1S/C29H40O4/c1-25(2)21-8-12-29(6)23(27(21,4)11-9-22(25)31)20(30)16-19-18-15-17(24(32)33)7-10-26(18,3)13-14-28(19,29)5/h9,11,16-18,21,23H,7-8,10,12-15H2,1-6H3,(H,32,33)/t17-,18-,21-,23+,26+,27-,28+,29+/m0/s1. The van der Waals surface area contributed by atoms with Gasteiger partial charge in [0.05, 0.1) is 5.92 Å². The molecule has 0 amide bonds. The van der Waals surface area contributed by atoms with Crippen molar-refractivity contribution in [2.45, 2.75) is 86.5 Å². The second kappa shape index (κ2) is 6.70. The first-order valence-corrected chi connectivity index (χ1v) is 12.9. The Hall–Kier alpha value is -1.71. The zero-order chi connectivity index (χ0) is 24.2. The molecule has 1 N–H and O–H groups in total. The van der Waals surface area contributed by atoms with Gasteiger partial charge in [-0.2, -0.15) is 0 Å². The van der Waals surface area contributed by atoms with Crippen LogP contribution in [0.3, 0.4) is 0 Å². The maximum Gasteiger partial charge on any atom is 0.306 e. The summed E-state index contributed by atoms with van der Waals surface area (Å²) in [6.07, 6.45) is 12.1. The predicted molar refractivity (Wildman–Crippen MR) is 127 cm³/mol. The van der Waals surface area contributed by atoms with Crippen LogP contribution < -0.4 is 0 Å². The highest BCUT2D eigenvalue weighted by molar-refractivity contribution is 5.99. The fourth-order valence-electron chi connectivity index (χ4n) is 9.56. The highest BCUT2D eigenvalue weighted by atomic mass is 16.4. The van der Waals surface area contributed by atoms with E-state index in [-0.39, 0.29) is 56.9 Å². The van der Waals surface area contributed by atoms with Crippen molar-refractivity contribution in [1.82, 2.24) is 0 Å². The van der Waals surface area contributed by atoms with Crippen LogP contribution in [0.15, 0.2) is 23.8 Å². The Balaban J connectivity index is 1.64. The van der Waals surface area contributed by atoms with Crippen LogP contribution in [0.25, 0.3) is 0 Å². The van der Waals surface area contributed by atoms with Crippen LogP contribution in [0.1, 0.15) is 86.5 Å². The zero-order valence-corrected chi connectivity index (χ0v) is 21.2. The Kier molecular flexibility index (Phi) is 4.68. The SMILES string of the molecule is CC1(C)C(=O)C=C[C@]2(C)[C@H]3C(=O)C=C4[C@@H]5C[C@@H](C(=O)O)CC[C@]5(C)CC[C@@]4(C)[C@]3(C)CC[C@@H]12. The number of carboxylic acids is 1. The third kappa shape index (κ3) is 2.73. The van der Waals surface area contributed by atoms with Gasteiger partial charge < -0.3 is 5.11 Å². The highest BCUT2D eigenvalue weighted by Gasteiger charge is 2.69. The molecule has 0 aliphatic heterocycles. The average Bonchev–Trinajstić information content (AvgIpc) is 2.72. The lowest BCUT2D eigenvalue weighted by Gasteiger charge is -2.68. The summed E-state index contributed by atoms with van der Waals surface area (Å²) < 4.78 is 0. The van der Waals surface area contributed by atoms with Gasteiger partial charge in [0.2, 0.25) is 0 Å². The first-order chi connectivity index (χ1) is 15.2. The number of ketones is 2. The molecule has 4 heteroatoms. The normalized spacial score (nSPS) is 50.4. The van der Waals surface area contributed by atoms with Crippen LogP contribution >= 0.6 is 0 Å². The summed E-state index contributed by atoms with van der Waals surface area (Å²) in [5, 5.41) is 9.78. The van der Waals surface area contributed by atoms with Gasteiger partial charge in [-0.1, -0.05) is 53.2 Å². The Bertz CT molecular complexity index is 1000. The number of carboxylic acid groups (broad SMARTS) is 1. The Morgan fingerprint density at radius 2 is 1.67 bits per heavy atom. The molecule has 0 heterocycles. The number of allylic oxidation sites excluding steroid dienone is 4. The minimum atomic E-state index is -0.691. The lowest BCUT2D eigenvalue weighted by molar-refractivity contribution is -0.169. The predicted octanol–water partition coefficient (Wildman–Crippen LogP) is 6.01. The monoisotopic (exact) mass is 452 g/mol. The molecular weight excluding hydrogens is 412 g/mol. The zero-order valence-electron chi connectivity index (χ0n) is 21.2. The Labute approximate surface area is 198 Å².